The molecule has 1 aliphatic carbocycles. The largest absolute Gasteiger partial charge is 0.479 e. The number of fused-ring (bicyclic) bond motifs is 1. The molecule has 1 aromatic rings. The Hall–Kier alpha value is -1.68. The zero-order valence-electron chi connectivity index (χ0n) is 8.96. The number of nitrogens with one attached hydrogen (secondary N) is 1. The predicted octanol–water partition coefficient (Wildman–Crippen LogP) is 2.73. The Balaban J connectivity index is 2.03. The van der Waals surface area contributed by atoms with Crippen molar-refractivity contribution in [3.8, 4) is 0 Å². The van der Waals surface area contributed by atoms with Crippen LogP contribution in [0.15, 0.2) is 53.5 Å². The van der Waals surface area contributed by atoms with E-state index >= 15 is 0 Å². The fourth-order valence-corrected chi connectivity index (χ4v) is 3.42. The second-order valence-corrected chi connectivity index (χ2v) is 5.35. The van der Waals surface area contributed by atoms with Gasteiger partial charge >= 0.3 is 5.97 Å². The lowest BCUT2D eigenvalue weighted by atomic mass is 10.0. The molecule has 2 N–H and O–H groups in total. The minimum Gasteiger partial charge on any atom is -0.479 e. The van der Waals surface area contributed by atoms with Crippen LogP contribution in [0.3, 0.4) is 0 Å². The second-order valence-electron chi connectivity index (χ2n) is 4.06. The Morgan fingerprint density at radius 2 is 2.00 bits per heavy atom. The summed E-state index contributed by atoms with van der Waals surface area (Å²) in [6, 6.07) is 7.69. The molecular weight excluding hydrogens is 234 g/mol. The van der Waals surface area contributed by atoms with E-state index in [-0.39, 0.29) is 5.92 Å². The lowest BCUT2D eigenvalue weighted by Crippen LogP contribution is -2.45. The van der Waals surface area contributed by atoms with E-state index < -0.39 is 10.8 Å². The van der Waals surface area contributed by atoms with Crippen molar-refractivity contribution < 1.29 is 9.90 Å². The lowest BCUT2D eigenvalue weighted by molar-refractivity contribution is -0.139. The van der Waals surface area contributed by atoms with Crippen LogP contribution in [0.5, 0.6) is 0 Å². The Bertz CT molecular complexity index is 499. The highest BCUT2D eigenvalue weighted by Crippen LogP contribution is 2.50. The first-order chi connectivity index (χ1) is 8.22. The molecule has 0 saturated heterocycles. The molecule has 86 valence electrons. The maximum absolute atomic E-state index is 11.6. The highest BCUT2D eigenvalue weighted by Gasteiger charge is 2.49. The van der Waals surface area contributed by atoms with Crippen molar-refractivity contribution in [1.29, 1.82) is 0 Å². The third kappa shape index (κ3) is 1.48. The summed E-state index contributed by atoms with van der Waals surface area (Å²) in [6.45, 7) is 0. The van der Waals surface area contributed by atoms with E-state index in [1.807, 2.05) is 48.6 Å². The van der Waals surface area contributed by atoms with Gasteiger partial charge in [-0.2, -0.15) is 0 Å². The van der Waals surface area contributed by atoms with Crippen molar-refractivity contribution in [1.82, 2.24) is 0 Å². The highest BCUT2D eigenvalue weighted by atomic mass is 32.2. The van der Waals surface area contributed by atoms with E-state index in [1.54, 1.807) is 0 Å². The number of para-hydroxylation sites is 1. The van der Waals surface area contributed by atoms with Crippen molar-refractivity contribution in [3.63, 3.8) is 0 Å². The number of benzene rings is 1. The first-order valence-electron chi connectivity index (χ1n) is 5.37. The first-order valence-corrected chi connectivity index (χ1v) is 6.19. The molecule has 1 unspecified atom stereocenters. The van der Waals surface area contributed by atoms with Crippen LogP contribution in [-0.2, 0) is 4.79 Å². The van der Waals surface area contributed by atoms with Gasteiger partial charge in [-0.3, -0.25) is 0 Å². The molecule has 3 nitrogen and oxygen atoms in total. The van der Waals surface area contributed by atoms with Crippen LogP contribution >= 0.6 is 11.8 Å². The van der Waals surface area contributed by atoms with Gasteiger partial charge < -0.3 is 10.4 Å². The summed E-state index contributed by atoms with van der Waals surface area (Å²) in [5.41, 5.74) is 0.897. The van der Waals surface area contributed by atoms with Crippen molar-refractivity contribution in [2.45, 2.75) is 9.77 Å². The minimum atomic E-state index is -1.01. The van der Waals surface area contributed by atoms with Gasteiger partial charge in [0, 0.05) is 16.5 Å². The maximum atomic E-state index is 11.6. The summed E-state index contributed by atoms with van der Waals surface area (Å²) < 4.78 is 0. The quantitative estimate of drug-likeness (QED) is 0.841. The molecule has 1 aromatic carbocycles. The number of hydrogen-bond acceptors (Lipinski definition) is 3. The van der Waals surface area contributed by atoms with Crippen molar-refractivity contribution in [2.24, 2.45) is 5.92 Å². The molecule has 0 aromatic heterocycles. The molecule has 0 saturated carbocycles. The van der Waals surface area contributed by atoms with Crippen LogP contribution < -0.4 is 5.32 Å². The molecule has 1 atom stereocenters. The zero-order valence-corrected chi connectivity index (χ0v) is 9.78. The third-order valence-corrected chi connectivity index (χ3v) is 4.46. The van der Waals surface area contributed by atoms with E-state index in [9.17, 15) is 9.90 Å². The van der Waals surface area contributed by atoms with E-state index in [1.165, 1.54) is 11.8 Å². The molecule has 17 heavy (non-hydrogen) atoms. The number of hydrogen-bond donors (Lipinski definition) is 2. The van der Waals surface area contributed by atoms with Crippen LogP contribution in [0.4, 0.5) is 5.69 Å². The monoisotopic (exact) mass is 245 g/mol. The molecule has 0 radical (unpaired) electrons. The molecule has 4 heteroatoms. The molecule has 2 aliphatic rings. The summed E-state index contributed by atoms with van der Waals surface area (Å²) >= 11 is 1.38. The maximum Gasteiger partial charge on any atom is 0.341 e. The van der Waals surface area contributed by atoms with Crippen LogP contribution in [0, 0.1) is 5.92 Å². The Morgan fingerprint density at radius 1 is 1.29 bits per heavy atom. The Kier molecular flexibility index (Phi) is 2.26. The second kappa shape index (κ2) is 3.67. The summed E-state index contributed by atoms with van der Waals surface area (Å²) in [6.07, 6.45) is 7.61. The van der Waals surface area contributed by atoms with Gasteiger partial charge in [0.25, 0.3) is 0 Å². The van der Waals surface area contributed by atoms with E-state index in [4.69, 9.17) is 0 Å². The van der Waals surface area contributed by atoms with Crippen molar-refractivity contribution >= 4 is 23.4 Å². The number of aliphatic carboxylic acids is 1. The molecule has 0 bridgehead atoms. The molecule has 3 rings (SSSR count). The van der Waals surface area contributed by atoms with Gasteiger partial charge in [0.15, 0.2) is 4.87 Å². The molecule has 1 aliphatic heterocycles. The van der Waals surface area contributed by atoms with Crippen LogP contribution in [0.2, 0.25) is 0 Å². The van der Waals surface area contributed by atoms with Crippen molar-refractivity contribution in [3.05, 3.63) is 48.6 Å². The number of allylic oxidation sites excluding steroid dienone is 2. The van der Waals surface area contributed by atoms with Gasteiger partial charge in [0.2, 0.25) is 0 Å². The van der Waals surface area contributed by atoms with Crippen molar-refractivity contribution in [2.75, 3.05) is 5.32 Å². The van der Waals surface area contributed by atoms with E-state index in [2.05, 4.69) is 5.32 Å². The lowest BCUT2D eigenvalue weighted by Gasteiger charge is -2.28. The average molecular weight is 245 g/mol. The fraction of sp³-hybridized carbons (Fsp3) is 0.154. The van der Waals surface area contributed by atoms with Gasteiger partial charge in [-0.05, 0) is 12.1 Å². The number of carbonyl (C=O) groups is 1. The topological polar surface area (TPSA) is 49.3 Å². The summed E-state index contributed by atoms with van der Waals surface area (Å²) in [4.78, 5) is 11.6. The fourth-order valence-electron chi connectivity index (χ4n) is 2.15. The van der Waals surface area contributed by atoms with Gasteiger partial charge in [0.1, 0.15) is 0 Å². The van der Waals surface area contributed by atoms with E-state index in [0.717, 1.165) is 10.6 Å². The number of thioether (sulfide) groups is 1. The highest BCUT2D eigenvalue weighted by molar-refractivity contribution is 8.02. The molecule has 0 spiro atoms. The molecule has 0 amide bonds. The Labute approximate surface area is 103 Å². The summed E-state index contributed by atoms with van der Waals surface area (Å²) in [5.74, 6) is -0.961. The zero-order chi connectivity index (χ0) is 11.9. The van der Waals surface area contributed by atoms with Gasteiger partial charge in [0.05, 0.1) is 0 Å². The summed E-state index contributed by atoms with van der Waals surface area (Å²) in [5, 5.41) is 12.7. The van der Waals surface area contributed by atoms with Crippen LogP contribution in [0.1, 0.15) is 0 Å². The number of rotatable bonds is 2. The van der Waals surface area contributed by atoms with Crippen LogP contribution in [0.25, 0.3) is 0 Å². The third-order valence-electron chi connectivity index (χ3n) is 3.01. The molecule has 0 fully saturated rings. The average Bonchev–Trinajstić information content (AvgIpc) is 2.96. The number of carboxylic acids is 1. The molecular formula is C13H11NO2S. The summed E-state index contributed by atoms with van der Waals surface area (Å²) in [7, 11) is 0. The predicted molar refractivity (Wildman–Crippen MR) is 68.1 cm³/mol. The number of carboxylic acid groups (broad SMARTS) is 1. The standard InChI is InChI=1S/C13H11NO2S/c15-12(16)13(9-5-1-2-6-9)14-10-7-3-4-8-11(10)17-13/h1-9,14H,(H,15,16). The minimum absolute atomic E-state index is 0.127. The first kappa shape index (κ1) is 10.5. The molecule has 1 heterocycles. The van der Waals surface area contributed by atoms with Gasteiger partial charge in [-0.15, -0.1) is 0 Å². The SMILES string of the molecule is O=C(O)C1(C2C=CC=C2)Nc2ccccc2S1. The van der Waals surface area contributed by atoms with Gasteiger partial charge in [-0.25, -0.2) is 4.79 Å². The van der Waals surface area contributed by atoms with Gasteiger partial charge in [-0.1, -0.05) is 48.2 Å². The Morgan fingerprint density at radius 3 is 2.65 bits per heavy atom. The van der Waals surface area contributed by atoms with E-state index in [0.29, 0.717) is 0 Å². The number of anilines is 1. The normalized spacial score (nSPS) is 25.9. The smallest absolute Gasteiger partial charge is 0.341 e. The van der Waals surface area contributed by atoms with Crippen LogP contribution in [-0.4, -0.2) is 15.9 Å².